The highest BCUT2D eigenvalue weighted by Gasteiger charge is 2.14. The van der Waals surface area contributed by atoms with Gasteiger partial charge in [0.25, 0.3) is 0 Å². The number of nitrogens with two attached hydrogens (primary N) is 1. The van der Waals surface area contributed by atoms with Crippen molar-refractivity contribution in [2.75, 3.05) is 26.1 Å². The predicted octanol–water partition coefficient (Wildman–Crippen LogP) is 2.62. The van der Waals surface area contributed by atoms with Crippen molar-refractivity contribution >= 4 is 5.69 Å². The van der Waals surface area contributed by atoms with Crippen LogP contribution in [-0.4, -0.2) is 26.4 Å². The lowest BCUT2D eigenvalue weighted by atomic mass is 10.1. The molecule has 2 N–H and O–H groups in total. The van der Waals surface area contributed by atoms with E-state index in [0.717, 1.165) is 25.2 Å². The highest BCUT2D eigenvalue weighted by Crippen LogP contribution is 2.29. The molecule has 1 fully saturated rings. The molecule has 1 saturated heterocycles. The molecule has 18 heavy (non-hydrogen) atoms. The molecule has 0 aromatic heterocycles. The van der Waals surface area contributed by atoms with Crippen LogP contribution in [0, 0.1) is 0 Å². The zero-order valence-corrected chi connectivity index (χ0v) is 10.9. The van der Waals surface area contributed by atoms with Crippen LogP contribution in [0.1, 0.15) is 25.7 Å². The Morgan fingerprint density at radius 1 is 1.39 bits per heavy atom. The fourth-order valence-corrected chi connectivity index (χ4v) is 2.17. The summed E-state index contributed by atoms with van der Waals surface area (Å²) in [6.07, 6.45) is 4.85. The zero-order valence-electron chi connectivity index (χ0n) is 10.9. The summed E-state index contributed by atoms with van der Waals surface area (Å²) in [7, 11) is 1.63. The first-order valence-electron chi connectivity index (χ1n) is 6.47. The summed E-state index contributed by atoms with van der Waals surface area (Å²) in [5, 5.41) is 0. The Bertz CT molecular complexity index is 375. The monoisotopic (exact) mass is 251 g/mol. The molecule has 1 atom stereocenters. The van der Waals surface area contributed by atoms with E-state index in [1.807, 2.05) is 6.07 Å². The lowest BCUT2D eigenvalue weighted by Gasteiger charge is -2.12. The summed E-state index contributed by atoms with van der Waals surface area (Å²) in [4.78, 5) is 0. The highest BCUT2D eigenvalue weighted by molar-refractivity contribution is 5.51. The molecule has 2 rings (SSSR count). The summed E-state index contributed by atoms with van der Waals surface area (Å²) in [6.45, 7) is 1.58. The summed E-state index contributed by atoms with van der Waals surface area (Å²) >= 11 is 0. The van der Waals surface area contributed by atoms with Gasteiger partial charge in [-0.2, -0.15) is 0 Å². The molecule has 0 aliphatic carbocycles. The van der Waals surface area contributed by atoms with Gasteiger partial charge in [-0.05, 0) is 37.8 Å². The number of ether oxygens (including phenoxy) is 3. The van der Waals surface area contributed by atoms with Gasteiger partial charge in [-0.1, -0.05) is 0 Å². The molecule has 1 unspecified atom stereocenters. The summed E-state index contributed by atoms with van der Waals surface area (Å²) in [5.74, 6) is 1.44. The van der Waals surface area contributed by atoms with Gasteiger partial charge >= 0.3 is 0 Å². The minimum Gasteiger partial charge on any atom is -0.493 e. The predicted molar refractivity (Wildman–Crippen MR) is 71.1 cm³/mol. The van der Waals surface area contributed by atoms with Gasteiger partial charge in [-0.25, -0.2) is 0 Å². The summed E-state index contributed by atoms with van der Waals surface area (Å²) in [6, 6.07) is 5.42. The van der Waals surface area contributed by atoms with Crippen molar-refractivity contribution < 1.29 is 14.2 Å². The van der Waals surface area contributed by atoms with Gasteiger partial charge in [0.15, 0.2) is 11.5 Å². The van der Waals surface area contributed by atoms with E-state index in [2.05, 4.69) is 0 Å². The number of hydrogen-bond acceptors (Lipinski definition) is 4. The quantitative estimate of drug-likeness (QED) is 0.623. The van der Waals surface area contributed by atoms with Crippen LogP contribution >= 0.6 is 0 Å². The van der Waals surface area contributed by atoms with Crippen molar-refractivity contribution in [1.82, 2.24) is 0 Å². The Kier molecular flexibility index (Phi) is 4.70. The third-order valence-corrected chi connectivity index (χ3v) is 3.14. The molecule has 1 aliphatic rings. The van der Waals surface area contributed by atoms with Crippen molar-refractivity contribution in [3.63, 3.8) is 0 Å². The van der Waals surface area contributed by atoms with Crippen LogP contribution in [0.5, 0.6) is 11.5 Å². The average molecular weight is 251 g/mol. The van der Waals surface area contributed by atoms with E-state index < -0.39 is 0 Å². The van der Waals surface area contributed by atoms with Gasteiger partial charge in [0.1, 0.15) is 0 Å². The Morgan fingerprint density at radius 2 is 2.28 bits per heavy atom. The van der Waals surface area contributed by atoms with E-state index in [4.69, 9.17) is 19.9 Å². The van der Waals surface area contributed by atoms with Gasteiger partial charge in [0, 0.05) is 18.4 Å². The molecule has 1 heterocycles. The Balaban J connectivity index is 1.76. The summed E-state index contributed by atoms with van der Waals surface area (Å²) < 4.78 is 16.5. The fourth-order valence-electron chi connectivity index (χ4n) is 2.17. The first kappa shape index (κ1) is 13.0. The van der Waals surface area contributed by atoms with Crippen LogP contribution in [0.4, 0.5) is 5.69 Å². The molecule has 0 spiro atoms. The molecule has 4 heteroatoms. The number of nitrogen functional groups attached to an aromatic ring is 1. The van der Waals surface area contributed by atoms with E-state index in [1.54, 1.807) is 19.2 Å². The second-order valence-corrected chi connectivity index (χ2v) is 4.54. The standard InChI is InChI=1S/C14H21NO3/c1-16-13-7-6-11(15)10-14(13)18-9-3-5-12-4-2-8-17-12/h6-7,10,12H,2-5,8-9,15H2,1H3. The number of anilines is 1. The number of methoxy groups -OCH3 is 1. The fraction of sp³-hybridized carbons (Fsp3) is 0.571. The lowest BCUT2D eigenvalue weighted by molar-refractivity contribution is 0.0980. The third kappa shape index (κ3) is 3.53. The van der Waals surface area contributed by atoms with Gasteiger partial charge in [0.05, 0.1) is 19.8 Å². The molecule has 100 valence electrons. The van der Waals surface area contributed by atoms with Crippen molar-refractivity contribution in [1.29, 1.82) is 0 Å². The average Bonchev–Trinajstić information content (AvgIpc) is 2.88. The second kappa shape index (κ2) is 6.50. The molecule has 0 radical (unpaired) electrons. The largest absolute Gasteiger partial charge is 0.493 e. The first-order chi connectivity index (χ1) is 8.79. The molecule has 0 amide bonds. The van der Waals surface area contributed by atoms with Gasteiger partial charge in [-0.15, -0.1) is 0 Å². The highest BCUT2D eigenvalue weighted by atomic mass is 16.5. The van der Waals surface area contributed by atoms with E-state index >= 15 is 0 Å². The molecule has 4 nitrogen and oxygen atoms in total. The molecule has 0 saturated carbocycles. The van der Waals surface area contributed by atoms with Crippen LogP contribution in [0.3, 0.4) is 0 Å². The van der Waals surface area contributed by atoms with Crippen LogP contribution in [-0.2, 0) is 4.74 Å². The van der Waals surface area contributed by atoms with Gasteiger partial charge < -0.3 is 19.9 Å². The Hall–Kier alpha value is -1.42. The second-order valence-electron chi connectivity index (χ2n) is 4.54. The van der Waals surface area contributed by atoms with Crippen molar-refractivity contribution in [3.05, 3.63) is 18.2 Å². The van der Waals surface area contributed by atoms with Crippen molar-refractivity contribution in [3.8, 4) is 11.5 Å². The molecule has 0 bridgehead atoms. The van der Waals surface area contributed by atoms with E-state index in [1.165, 1.54) is 12.8 Å². The SMILES string of the molecule is COc1ccc(N)cc1OCCCC1CCCO1. The van der Waals surface area contributed by atoms with Gasteiger partial charge in [-0.3, -0.25) is 0 Å². The van der Waals surface area contributed by atoms with Crippen molar-refractivity contribution in [2.24, 2.45) is 0 Å². The summed E-state index contributed by atoms with van der Waals surface area (Å²) in [5.41, 5.74) is 6.42. The number of benzene rings is 1. The van der Waals surface area contributed by atoms with Crippen LogP contribution in [0.25, 0.3) is 0 Å². The molecule has 1 aliphatic heterocycles. The maximum atomic E-state index is 5.73. The molecule has 1 aromatic carbocycles. The Morgan fingerprint density at radius 3 is 3.00 bits per heavy atom. The molecular weight excluding hydrogens is 230 g/mol. The minimum atomic E-state index is 0.427. The number of rotatable bonds is 6. The topological polar surface area (TPSA) is 53.7 Å². The maximum absolute atomic E-state index is 5.73. The molecular formula is C14H21NO3. The normalized spacial score (nSPS) is 18.8. The zero-order chi connectivity index (χ0) is 12.8. The maximum Gasteiger partial charge on any atom is 0.163 e. The van der Waals surface area contributed by atoms with E-state index in [9.17, 15) is 0 Å². The van der Waals surface area contributed by atoms with E-state index in [0.29, 0.717) is 24.1 Å². The van der Waals surface area contributed by atoms with Gasteiger partial charge in [0.2, 0.25) is 0 Å². The first-order valence-corrected chi connectivity index (χ1v) is 6.47. The van der Waals surface area contributed by atoms with Crippen molar-refractivity contribution in [2.45, 2.75) is 31.8 Å². The van der Waals surface area contributed by atoms with Crippen LogP contribution < -0.4 is 15.2 Å². The van der Waals surface area contributed by atoms with Crippen LogP contribution in [0.15, 0.2) is 18.2 Å². The minimum absolute atomic E-state index is 0.427. The lowest BCUT2D eigenvalue weighted by Crippen LogP contribution is -2.08. The smallest absolute Gasteiger partial charge is 0.163 e. The van der Waals surface area contributed by atoms with E-state index in [-0.39, 0.29) is 0 Å². The third-order valence-electron chi connectivity index (χ3n) is 3.14. The molecule has 1 aromatic rings. The van der Waals surface area contributed by atoms with Crippen LogP contribution in [0.2, 0.25) is 0 Å². The Labute approximate surface area is 108 Å². The number of hydrogen-bond donors (Lipinski definition) is 1.